The Bertz CT molecular complexity index is 781. The molecule has 1 aromatic carbocycles. The Morgan fingerprint density at radius 3 is 2.44 bits per heavy atom. The molecule has 0 unspecified atom stereocenters. The molecule has 2 N–H and O–H groups in total. The smallest absolute Gasteiger partial charge is 0.225 e. The minimum absolute atomic E-state index is 0. The molecular weight excluding hydrogens is 517 g/mol. The maximum Gasteiger partial charge on any atom is 0.225 e. The van der Waals surface area contributed by atoms with Crippen molar-refractivity contribution in [3.05, 3.63) is 48.3 Å². The first-order valence-electron chi connectivity index (χ1n) is 11.2. The Morgan fingerprint density at radius 2 is 1.78 bits per heavy atom. The van der Waals surface area contributed by atoms with Crippen LogP contribution in [-0.2, 0) is 6.42 Å². The third-order valence-corrected chi connectivity index (χ3v) is 5.32. The van der Waals surface area contributed by atoms with Crippen LogP contribution >= 0.6 is 24.0 Å². The molecule has 2 heterocycles. The molecule has 0 atom stereocenters. The normalized spacial score (nSPS) is 14.6. The molecule has 0 amide bonds. The summed E-state index contributed by atoms with van der Waals surface area (Å²) >= 11 is 0. The van der Waals surface area contributed by atoms with Gasteiger partial charge in [-0.15, -0.1) is 24.0 Å². The predicted molar refractivity (Wildman–Crippen MR) is 141 cm³/mol. The number of hydrogen-bond acceptors (Lipinski definition) is 6. The summed E-state index contributed by atoms with van der Waals surface area (Å²) in [6.07, 6.45) is 5.61. The predicted octanol–water partition coefficient (Wildman–Crippen LogP) is 2.41. The minimum atomic E-state index is 0. The maximum absolute atomic E-state index is 5.21. The molecule has 0 spiro atoms. The van der Waals surface area contributed by atoms with Crippen LogP contribution in [0.25, 0.3) is 0 Å². The Morgan fingerprint density at radius 1 is 1.06 bits per heavy atom. The highest BCUT2D eigenvalue weighted by Gasteiger charge is 2.18. The van der Waals surface area contributed by atoms with Crippen LogP contribution in [0.5, 0.6) is 5.75 Å². The van der Waals surface area contributed by atoms with Gasteiger partial charge < -0.3 is 20.3 Å². The standard InChI is InChI=1S/C23H35N7O.HI/c1-3-24-22(26-14-10-20-6-8-21(31-2)9-7-20)25-13-5-15-29-16-18-30(19-17-29)23-27-11-4-12-28-23;/h4,6-9,11-12H,3,5,10,13-19H2,1-2H3,(H2,24,25,26);1H. The Hall–Kier alpha value is -2.14. The molecule has 1 aromatic heterocycles. The molecule has 0 saturated carbocycles. The highest BCUT2D eigenvalue weighted by molar-refractivity contribution is 14.0. The van der Waals surface area contributed by atoms with E-state index >= 15 is 0 Å². The van der Waals surface area contributed by atoms with E-state index in [1.807, 2.05) is 18.2 Å². The third-order valence-electron chi connectivity index (χ3n) is 5.32. The van der Waals surface area contributed by atoms with Gasteiger partial charge in [-0.3, -0.25) is 9.89 Å². The first-order valence-corrected chi connectivity index (χ1v) is 11.2. The number of nitrogens with zero attached hydrogens (tertiary/aromatic N) is 5. The van der Waals surface area contributed by atoms with Crippen LogP contribution in [0.1, 0.15) is 18.9 Å². The van der Waals surface area contributed by atoms with Crippen molar-refractivity contribution >= 4 is 35.9 Å². The largest absolute Gasteiger partial charge is 0.497 e. The van der Waals surface area contributed by atoms with Crippen LogP contribution < -0.4 is 20.3 Å². The molecule has 0 bridgehead atoms. The lowest BCUT2D eigenvalue weighted by molar-refractivity contribution is 0.255. The second-order valence-corrected chi connectivity index (χ2v) is 7.52. The number of methoxy groups -OCH3 is 1. The molecular formula is C23H36IN7O. The van der Waals surface area contributed by atoms with Gasteiger partial charge >= 0.3 is 0 Å². The number of ether oxygens (including phenoxy) is 1. The van der Waals surface area contributed by atoms with Gasteiger partial charge in [-0.05, 0) is 43.5 Å². The number of aromatic nitrogens is 2. The van der Waals surface area contributed by atoms with Gasteiger partial charge in [-0.25, -0.2) is 9.97 Å². The molecule has 2 aromatic rings. The van der Waals surface area contributed by atoms with E-state index in [2.05, 4.69) is 49.5 Å². The number of anilines is 1. The summed E-state index contributed by atoms with van der Waals surface area (Å²) in [6.45, 7) is 9.73. The number of benzene rings is 1. The van der Waals surface area contributed by atoms with Gasteiger partial charge in [0.15, 0.2) is 5.96 Å². The zero-order valence-corrected chi connectivity index (χ0v) is 21.5. The Balaban J connectivity index is 0.00000363. The van der Waals surface area contributed by atoms with Gasteiger partial charge in [-0.1, -0.05) is 12.1 Å². The first kappa shape index (κ1) is 26.1. The molecule has 32 heavy (non-hydrogen) atoms. The fraction of sp³-hybridized carbons (Fsp3) is 0.522. The van der Waals surface area contributed by atoms with E-state index in [9.17, 15) is 0 Å². The SMILES string of the molecule is CCNC(=NCCCN1CCN(c2ncccn2)CC1)NCCc1ccc(OC)cc1.I. The summed E-state index contributed by atoms with van der Waals surface area (Å²) in [5.41, 5.74) is 1.28. The summed E-state index contributed by atoms with van der Waals surface area (Å²) in [4.78, 5) is 18.2. The fourth-order valence-corrected chi connectivity index (χ4v) is 3.57. The molecule has 1 aliphatic heterocycles. The Labute approximate surface area is 208 Å². The molecule has 0 aliphatic carbocycles. The van der Waals surface area contributed by atoms with Gasteiger partial charge in [0.1, 0.15) is 5.75 Å². The van der Waals surface area contributed by atoms with Crippen LogP contribution in [0.3, 0.4) is 0 Å². The fourth-order valence-electron chi connectivity index (χ4n) is 3.57. The number of rotatable bonds is 10. The lowest BCUT2D eigenvalue weighted by Crippen LogP contribution is -2.47. The van der Waals surface area contributed by atoms with Crippen molar-refractivity contribution in [1.82, 2.24) is 25.5 Å². The van der Waals surface area contributed by atoms with Crippen molar-refractivity contribution in [2.24, 2.45) is 4.99 Å². The van der Waals surface area contributed by atoms with Crippen molar-refractivity contribution in [2.75, 3.05) is 64.4 Å². The van der Waals surface area contributed by atoms with E-state index in [0.29, 0.717) is 0 Å². The number of nitrogens with one attached hydrogen (secondary N) is 2. The van der Waals surface area contributed by atoms with Gasteiger partial charge in [0, 0.05) is 64.8 Å². The molecule has 1 aliphatic rings. The van der Waals surface area contributed by atoms with Crippen molar-refractivity contribution in [2.45, 2.75) is 19.8 Å². The first-order chi connectivity index (χ1) is 15.3. The minimum Gasteiger partial charge on any atom is -0.497 e. The van der Waals surface area contributed by atoms with E-state index in [-0.39, 0.29) is 24.0 Å². The Kier molecular flexibility index (Phi) is 12.1. The highest BCUT2D eigenvalue weighted by Crippen LogP contribution is 2.11. The molecule has 176 valence electrons. The molecule has 1 saturated heterocycles. The van der Waals surface area contributed by atoms with Crippen molar-refractivity contribution in [1.29, 1.82) is 0 Å². The topological polar surface area (TPSA) is 77.9 Å². The number of hydrogen-bond donors (Lipinski definition) is 2. The number of aliphatic imine (C=N–C) groups is 1. The summed E-state index contributed by atoms with van der Waals surface area (Å²) in [7, 11) is 1.69. The summed E-state index contributed by atoms with van der Waals surface area (Å²) in [6, 6.07) is 10.1. The molecule has 0 radical (unpaired) electrons. The second kappa shape index (κ2) is 14.8. The number of halogens is 1. The average molecular weight is 553 g/mol. The van der Waals surface area contributed by atoms with E-state index < -0.39 is 0 Å². The molecule has 9 heteroatoms. The number of guanidine groups is 1. The molecule has 8 nitrogen and oxygen atoms in total. The van der Waals surface area contributed by atoms with Crippen molar-refractivity contribution in [3.63, 3.8) is 0 Å². The average Bonchev–Trinajstić information content (AvgIpc) is 2.83. The maximum atomic E-state index is 5.21. The van der Waals surface area contributed by atoms with Crippen molar-refractivity contribution in [3.8, 4) is 5.75 Å². The van der Waals surface area contributed by atoms with E-state index in [0.717, 1.165) is 82.9 Å². The second-order valence-electron chi connectivity index (χ2n) is 7.52. The lowest BCUT2D eigenvalue weighted by Gasteiger charge is -2.34. The van der Waals surface area contributed by atoms with Crippen LogP contribution in [-0.4, -0.2) is 80.3 Å². The summed E-state index contributed by atoms with van der Waals surface area (Å²) in [5, 5.41) is 6.77. The molecule has 1 fully saturated rings. The zero-order valence-electron chi connectivity index (χ0n) is 19.2. The van der Waals surface area contributed by atoms with Gasteiger partial charge in [-0.2, -0.15) is 0 Å². The summed E-state index contributed by atoms with van der Waals surface area (Å²) < 4.78 is 5.21. The third kappa shape index (κ3) is 8.78. The van der Waals surface area contributed by atoms with Crippen LogP contribution in [0.4, 0.5) is 5.95 Å². The van der Waals surface area contributed by atoms with Gasteiger partial charge in [0.05, 0.1) is 7.11 Å². The summed E-state index contributed by atoms with van der Waals surface area (Å²) in [5.74, 6) is 2.62. The lowest BCUT2D eigenvalue weighted by atomic mass is 10.1. The number of piperazine rings is 1. The van der Waals surface area contributed by atoms with E-state index in [1.165, 1.54) is 5.56 Å². The van der Waals surface area contributed by atoms with Crippen LogP contribution in [0.15, 0.2) is 47.7 Å². The van der Waals surface area contributed by atoms with Crippen molar-refractivity contribution < 1.29 is 4.74 Å². The van der Waals surface area contributed by atoms with Gasteiger partial charge in [0.2, 0.25) is 5.95 Å². The zero-order chi connectivity index (χ0) is 21.7. The van der Waals surface area contributed by atoms with E-state index in [4.69, 9.17) is 9.73 Å². The van der Waals surface area contributed by atoms with Crippen LogP contribution in [0, 0.1) is 0 Å². The molecule has 3 rings (SSSR count). The monoisotopic (exact) mass is 553 g/mol. The van der Waals surface area contributed by atoms with Gasteiger partial charge in [0.25, 0.3) is 0 Å². The van der Waals surface area contributed by atoms with E-state index in [1.54, 1.807) is 19.5 Å². The quantitative estimate of drug-likeness (QED) is 0.203. The highest BCUT2D eigenvalue weighted by atomic mass is 127. The van der Waals surface area contributed by atoms with Crippen LogP contribution in [0.2, 0.25) is 0 Å².